The number of nitrogens with zero attached hydrogens (tertiary/aromatic N) is 4. The van der Waals surface area contributed by atoms with Crippen LogP contribution in [0.5, 0.6) is 0 Å². The summed E-state index contributed by atoms with van der Waals surface area (Å²) in [6.07, 6.45) is 6.19. The van der Waals surface area contributed by atoms with Gasteiger partial charge < -0.3 is 24.9 Å². The molecule has 0 radical (unpaired) electrons. The first-order chi connectivity index (χ1) is 18.4. The van der Waals surface area contributed by atoms with Gasteiger partial charge in [-0.2, -0.15) is 0 Å². The number of likely N-dealkylation sites (N-methyl/N-ethyl adjacent to an activating group) is 1. The smallest absolute Gasteiger partial charge is 0.318 e. The molecule has 5 rings (SSSR count). The van der Waals surface area contributed by atoms with E-state index >= 15 is 0 Å². The van der Waals surface area contributed by atoms with E-state index in [1.807, 2.05) is 34.9 Å². The van der Waals surface area contributed by atoms with Crippen LogP contribution in [0.15, 0.2) is 29.6 Å². The van der Waals surface area contributed by atoms with Crippen molar-refractivity contribution in [3.63, 3.8) is 0 Å². The third-order valence-corrected chi connectivity index (χ3v) is 9.64. The van der Waals surface area contributed by atoms with E-state index in [1.165, 1.54) is 4.88 Å². The molecule has 3 aliphatic rings. The second-order valence-corrected chi connectivity index (χ2v) is 12.2. The van der Waals surface area contributed by atoms with E-state index in [9.17, 15) is 9.59 Å². The lowest BCUT2D eigenvalue weighted by atomic mass is 10.0. The fraction of sp³-hybridized carbons (Fsp3) is 0.552. The highest BCUT2D eigenvalue weighted by molar-refractivity contribution is 7.80. The summed E-state index contributed by atoms with van der Waals surface area (Å²) in [6, 6.07) is 7.85. The van der Waals surface area contributed by atoms with Crippen LogP contribution in [0.3, 0.4) is 0 Å². The van der Waals surface area contributed by atoms with Crippen LogP contribution in [-0.4, -0.2) is 84.0 Å². The average molecular weight is 554 g/mol. The Hall–Kier alpha value is -2.49. The van der Waals surface area contributed by atoms with Crippen molar-refractivity contribution >= 4 is 46.2 Å². The van der Waals surface area contributed by atoms with E-state index in [1.54, 1.807) is 11.3 Å². The number of likely N-dealkylation sites (tertiary alicyclic amines) is 1. The summed E-state index contributed by atoms with van der Waals surface area (Å²) in [5.41, 5.74) is 3.80. The van der Waals surface area contributed by atoms with E-state index in [2.05, 4.69) is 33.6 Å². The van der Waals surface area contributed by atoms with Gasteiger partial charge in [0.1, 0.15) is 4.99 Å². The Balaban J connectivity index is 1.20. The first kappa shape index (κ1) is 27.1. The number of thiophene rings is 1. The molecule has 0 unspecified atom stereocenters. The first-order valence-electron chi connectivity index (χ1n) is 13.9. The number of carbonyl (C=O) groups is 2. The molecule has 38 heavy (non-hydrogen) atoms. The molecule has 0 aliphatic carbocycles. The zero-order valence-corrected chi connectivity index (χ0v) is 24.2. The van der Waals surface area contributed by atoms with E-state index in [0.29, 0.717) is 12.1 Å². The maximum atomic E-state index is 13.4. The highest BCUT2D eigenvalue weighted by Crippen LogP contribution is 2.32. The number of rotatable bonds is 4. The predicted molar refractivity (Wildman–Crippen MR) is 158 cm³/mol. The van der Waals surface area contributed by atoms with Crippen LogP contribution in [0.2, 0.25) is 0 Å². The minimum absolute atomic E-state index is 0.00915. The summed E-state index contributed by atoms with van der Waals surface area (Å²) in [5, 5.41) is 5.21. The Morgan fingerprint density at radius 2 is 1.89 bits per heavy atom. The van der Waals surface area contributed by atoms with E-state index < -0.39 is 0 Å². The highest BCUT2D eigenvalue weighted by Gasteiger charge is 2.34. The quantitative estimate of drug-likeness (QED) is 0.558. The van der Waals surface area contributed by atoms with Gasteiger partial charge in [-0.15, -0.1) is 11.3 Å². The molecule has 0 saturated carbocycles. The Morgan fingerprint density at radius 3 is 2.74 bits per heavy atom. The van der Waals surface area contributed by atoms with Gasteiger partial charge in [0.15, 0.2) is 0 Å². The van der Waals surface area contributed by atoms with Crippen molar-refractivity contribution in [2.75, 3.05) is 51.2 Å². The molecule has 3 amide bonds. The Labute approximate surface area is 235 Å². The molecule has 2 aromatic rings. The number of carbonyl (C=O) groups excluding carboxylic acids is 2. The lowest BCUT2D eigenvalue weighted by Gasteiger charge is -2.32. The Morgan fingerprint density at radius 1 is 1.03 bits per heavy atom. The predicted octanol–water partition coefficient (Wildman–Crippen LogP) is 4.68. The fourth-order valence-electron chi connectivity index (χ4n) is 5.85. The summed E-state index contributed by atoms with van der Waals surface area (Å²) in [6.45, 7) is 7.92. The Kier molecular flexibility index (Phi) is 8.65. The first-order valence-corrected chi connectivity index (χ1v) is 15.2. The topological polar surface area (TPSA) is 59.1 Å². The van der Waals surface area contributed by atoms with E-state index in [-0.39, 0.29) is 18.0 Å². The number of nitrogens with one attached hydrogen (secondary N) is 1. The number of hydrogen-bond donors (Lipinski definition) is 1. The number of thiocarbonyl (C=S) groups is 1. The molecule has 2 fully saturated rings. The number of amides is 3. The van der Waals surface area contributed by atoms with Crippen molar-refractivity contribution in [1.29, 1.82) is 0 Å². The van der Waals surface area contributed by atoms with Crippen molar-refractivity contribution < 1.29 is 9.59 Å². The summed E-state index contributed by atoms with van der Waals surface area (Å²) in [5.74, 6) is 0.0540. The van der Waals surface area contributed by atoms with Gasteiger partial charge in [0.05, 0.1) is 11.7 Å². The van der Waals surface area contributed by atoms with Crippen LogP contribution in [0.25, 0.3) is 0 Å². The molecule has 9 heteroatoms. The van der Waals surface area contributed by atoms with Gasteiger partial charge in [0.25, 0.3) is 5.91 Å². The number of fused-ring (bicyclic) bond motifs is 1. The molecule has 1 aromatic heterocycles. The van der Waals surface area contributed by atoms with Crippen LogP contribution < -0.4 is 10.2 Å². The summed E-state index contributed by atoms with van der Waals surface area (Å²) in [4.78, 5) is 37.4. The number of aryl methyl sites for hydroxylation is 2. The maximum Gasteiger partial charge on any atom is 0.318 e. The molecular formula is C29H39N5O2S2. The van der Waals surface area contributed by atoms with Crippen LogP contribution in [0.1, 0.15) is 58.5 Å². The van der Waals surface area contributed by atoms with Crippen LogP contribution in [-0.2, 0) is 13.0 Å². The second-order valence-electron chi connectivity index (χ2n) is 10.8. The molecule has 0 spiro atoms. The van der Waals surface area contributed by atoms with Gasteiger partial charge in [0, 0.05) is 49.7 Å². The number of benzene rings is 1. The van der Waals surface area contributed by atoms with Crippen molar-refractivity contribution in [2.45, 2.75) is 58.0 Å². The monoisotopic (exact) mass is 553 g/mol. The van der Waals surface area contributed by atoms with Crippen LogP contribution in [0.4, 0.5) is 10.5 Å². The van der Waals surface area contributed by atoms with Gasteiger partial charge in [-0.25, -0.2) is 4.79 Å². The lowest BCUT2D eigenvalue weighted by Crippen LogP contribution is -2.50. The van der Waals surface area contributed by atoms with Gasteiger partial charge in [-0.1, -0.05) is 18.3 Å². The van der Waals surface area contributed by atoms with Crippen molar-refractivity contribution in [3.8, 4) is 0 Å². The maximum absolute atomic E-state index is 13.4. The Bertz CT molecular complexity index is 1180. The van der Waals surface area contributed by atoms with Crippen molar-refractivity contribution in [1.82, 2.24) is 20.0 Å². The zero-order valence-electron chi connectivity index (χ0n) is 22.6. The molecule has 3 aliphatic heterocycles. The fourth-order valence-corrected chi connectivity index (χ4v) is 7.20. The second kappa shape index (κ2) is 12.1. The third kappa shape index (κ3) is 5.90. The van der Waals surface area contributed by atoms with Crippen LogP contribution >= 0.6 is 23.6 Å². The van der Waals surface area contributed by atoms with Gasteiger partial charge in [-0.3, -0.25) is 4.79 Å². The number of urea groups is 1. The number of anilines is 1. The molecular weight excluding hydrogens is 514 g/mol. The molecule has 4 heterocycles. The highest BCUT2D eigenvalue weighted by atomic mass is 32.1. The van der Waals surface area contributed by atoms with Gasteiger partial charge >= 0.3 is 6.03 Å². The molecule has 1 atom stereocenters. The normalized spacial score (nSPS) is 20.6. The minimum Gasteiger partial charge on any atom is -0.363 e. The lowest BCUT2D eigenvalue weighted by molar-refractivity contribution is 0.0987. The molecule has 1 aromatic carbocycles. The number of hydrogen-bond acceptors (Lipinski definition) is 5. The van der Waals surface area contributed by atoms with Crippen molar-refractivity contribution in [3.05, 3.63) is 51.2 Å². The minimum atomic E-state index is -0.0594. The summed E-state index contributed by atoms with van der Waals surface area (Å²) < 4.78 is 0. The third-order valence-electron chi connectivity index (χ3n) is 8.14. The molecule has 1 N–H and O–H groups in total. The summed E-state index contributed by atoms with van der Waals surface area (Å²) >= 11 is 7.64. The largest absolute Gasteiger partial charge is 0.363 e. The van der Waals surface area contributed by atoms with E-state index in [4.69, 9.17) is 12.2 Å². The molecule has 7 nitrogen and oxygen atoms in total. The van der Waals surface area contributed by atoms with Crippen LogP contribution in [0, 0.1) is 6.92 Å². The zero-order chi connectivity index (χ0) is 26.6. The summed E-state index contributed by atoms with van der Waals surface area (Å²) in [7, 11) is 2.15. The van der Waals surface area contributed by atoms with Crippen molar-refractivity contribution in [2.24, 2.45) is 0 Å². The van der Waals surface area contributed by atoms with E-state index in [0.717, 1.165) is 99.6 Å². The molecule has 0 bridgehead atoms. The molecule has 2 saturated heterocycles. The molecule has 204 valence electrons. The average Bonchev–Trinajstić information content (AvgIpc) is 3.49. The van der Waals surface area contributed by atoms with Gasteiger partial charge in [-0.05, 0) is 93.7 Å². The standard InChI is InChI=1S/C29H39N5O2S2/c1-21-19-22(27(35)33-14-4-3-8-26-24(33)11-18-38-26)9-10-23(21)20-30-29(36)34-15-5-7-25(34)28(37)32-13-6-12-31(2)16-17-32/h9-11,18-19,25H,3-8,12-17,20H2,1-2H3,(H,30,36)/t25-/m1/s1. The van der Waals surface area contributed by atoms with Gasteiger partial charge in [0.2, 0.25) is 0 Å². The SMILES string of the molecule is Cc1cc(C(=O)N2CCCCc3sccc32)ccc1CNC(=O)N1CCC[C@@H]1C(=S)N1CCCN(C)CC1.